The minimum atomic E-state index is -3.96. The van der Waals surface area contributed by atoms with Gasteiger partial charge in [-0.3, -0.25) is 10.1 Å². The van der Waals surface area contributed by atoms with Gasteiger partial charge in [-0.1, -0.05) is 0 Å². The third-order valence-corrected chi connectivity index (χ3v) is 3.70. The maximum Gasteiger partial charge on any atom is 0.285 e. The fourth-order valence-corrected chi connectivity index (χ4v) is 2.81. The van der Waals surface area contributed by atoms with E-state index in [1.807, 2.05) is 0 Å². The second-order valence-corrected chi connectivity index (χ2v) is 5.22. The summed E-state index contributed by atoms with van der Waals surface area (Å²) in [5.74, 6) is 0. The van der Waals surface area contributed by atoms with Crippen LogP contribution in [0, 0.1) is 17.0 Å². The lowest BCUT2D eigenvalue weighted by molar-refractivity contribution is -0.386. The molecule has 0 unspecified atom stereocenters. The number of sulfonamides is 1. The van der Waals surface area contributed by atoms with Gasteiger partial charge in [-0.05, 0) is 34.5 Å². The number of rotatable bonds is 2. The molecule has 15 heavy (non-hydrogen) atoms. The fourth-order valence-electron chi connectivity index (χ4n) is 1.06. The Hall–Kier alpha value is -0.990. The number of nitro benzene ring substituents is 1. The molecule has 0 atom stereocenters. The van der Waals surface area contributed by atoms with Crippen LogP contribution in [0.4, 0.5) is 5.69 Å². The Morgan fingerprint density at radius 1 is 1.47 bits per heavy atom. The van der Waals surface area contributed by atoms with Crippen LogP contribution in [-0.2, 0) is 10.0 Å². The van der Waals surface area contributed by atoms with Crippen LogP contribution in [0.1, 0.15) is 5.56 Å². The Balaban J connectivity index is 3.63. The summed E-state index contributed by atoms with van der Waals surface area (Å²) in [6.07, 6.45) is 0. The predicted octanol–water partition coefficient (Wildman–Crippen LogP) is 1.31. The monoisotopic (exact) mass is 294 g/mol. The molecule has 2 N–H and O–H groups in total. The molecule has 82 valence electrons. The van der Waals surface area contributed by atoms with Crippen molar-refractivity contribution >= 4 is 31.6 Å². The highest BCUT2D eigenvalue weighted by atomic mass is 79.9. The minimum absolute atomic E-state index is 0.124. The molecule has 0 aliphatic carbocycles. The summed E-state index contributed by atoms with van der Waals surface area (Å²) in [6, 6.07) is 2.53. The van der Waals surface area contributed by atoms with Gasteiger partial charge in [0.15, 0.2) is 0 Å². The molecule has 0 fully saturated rings. The molecule has 0 spiro atoms. The van der Waals surface area contributed by atoms with Crippen LogP contribution in [0.15, 0.2) is 21.5 Å². The van der Waals surface area contributed by atoms with E-state index in [4.69, 9.17) is 5.14 Å². The van der Waals surface area contributed by atoms with E-state index in [0.717, 1.165) is 0 Å². The van der Waals surface area contributed by atoms with E-state index >= 15 is 0 Å². The van der Waals surface area contributed by atoms with Gasteiger partial charge in [0.1, 0.15) is 9.37 Å². The molecule has 1 aromatic rings. The average Bonchev–Trinajstić information content (AvgIpc) is 2.06. The fraction of sp³-hybridized carbons (Fsp3) is 0.143. The molecular weight excluding hydrogens is 288 g/mol. The number of halogens is 1. The van der Waals surface area contributed by atoms with Crippen LogP contribution in [0.3, 0.4) is 0 Å². The van der Waals surface area contributed by atoms with Gasteiger partial charge in [0, 0.05) is 6.07 Å². The number of primary sulfonamides is 1. The number of nitrogens with zero attached hydrogens (tertiary/aromatic N) is 1. The van der Waals surface area contributed by atoms with Gasteiger partial charge in [0.05, 0.1) is 4.92 Å². The molecule has 0 radical (unpaired) electrons. The Labute approximate surface area is 94.4 Å². The third-order valence-electron chi connectivity index (χ3n) is 1.67. The van der Waals surface area contributed by atoms with Crippen molar-refractivity contribution in [3.8, 4) is 0 Å². The zero-order valence-electron chi connectivity index (χ0n) is 7.60. The summed E-state index contributed by atoms with van der Waals surface area (Å²) in [6.45, 7) is 1.55. The number of nitro groups is 1. The first-order chi connectivity index (χ1) is 6.73. The molecule has 0 heterocycles. The zero-order chi connectivity index (χ0) is 11.8. The van der Waals surface area contributed by atoms with Crippen molar-refractivity contribution in [2.24, 2.45) is 5.14 Å². The van der Waals surface area contributed by atoms with Crippen LogP contribution in [0.5, 0.6) is 0 Å². The second-order valence-electron chi connectivity index (χ2n) is 2.90. The zero-order valence-corrected chi connectivity index (χ0v) is 10.0. The van der Waals surface area contributed by atoms with Gasteiger partial charge in [-0.15, -0.1) is 0 Å². The maximum absolute atomic E-state index is 11.1. The molecule has 6 nitrogen and oxygen atoms in total. The topological polar surface area (TPSA) is 103 Å². The molecule has 0 saturated heterocycles. The largest absolute Gasteiger partial charge is 0.285 e. The van der Waals surface area contributed by atoms with Crippen LogP contribution >= 0.6 is 15.9 Å². The van der Waals surface area contributed by atoms with E-state index in [0.29, 0.717) is 5.56 Å². The Morgan fingerprint density at radius 2 is 2.00 bits per heavy atom. The van der Waals surface area contributed by atoms with Crippen molar-refractivity contribution in [1.82, 2.24) is 0 Å². The molecule has 0 aliphatic rings. The quantitative estimate of drug-likeness (QED) is 0.656. The van der Waals surface area contributed by atoms with Crippen LogP contribution < -0.4 is 5.14 Å². The predicted molar refractivity (Wildman–Crippen MR) is 56.9 cm³/mol. The van der Waals surface area contributed by atoms with Gasteiger partial charge in [-0.25, -0.2) is 13.6 Å². The third kappa shape index (κ3) is 2.52. The highest BCUT2D eigenvalue weighted by Crippen LogP contribution is 2.32. The van der Waals surface area contributed by atoms with Crippen LogP contribution in [-0.4, -0.2) is 13.3 Å². The van der Waals surface area contributed by atoms with Crippen molar-refractivity contribution in [3.05, 3.63) is 32.3 Å². The lowest BCUT2D eigenvalue weighted by atomic mass is 10.2. The summed E-state index contributed by atoms with van der Waals surface area (Å²) in [5.41, 5.74) is 0.132. The highest BCUT2D eigenvalue weighted by molar-refractivity contribution is 9.10. The van der Waals surface area contributed by atoms with E-state index in [9.17, 15) is 18.5 Å². The van der Waals surface area contributed by atoms with Crippen molar-refractivity contribution in [2.75, 3.05) is 0 Å². The summed E-state index contributed by atoms with van der Waals surface area (Å²) in [7, 11) is -3.96. The Morgan fingerprint density at radius 3 is 2.40 bits per heavy atom. The molecular formula is C7H7BrN2O4S. The Bertz CT molecular complexity index is 526. The lowest BCUT2D eigenvalue weighted by Crippen LogP contribution is -2.13. The first-order valence-electron chi connectivity index (χ1n) is 3.71. The standard InChI is InChI=1S/C7H7BrN2O4S/c1-4-2-5(10(11)12)7(8)6(3-4)15(9,13)14/h2-3H,1H3,(H2,9,13,14). The molecule has 0 bridgehead atoms. The first-order valence-corrected chi connectivity index (χ1v) is 6.04. The van der Waals surface area contributed by atoms with Crippen molar-refractivity contribution in [3.63, 3.8) is 0 Å². The van der Waals surface area contributed by atoms with Crippen molar-refractivity contribution < 1.29 is 13.3 Å². The number of aryl methyl sites for hydroxylation is 1. The SMILES string of the molecule is Cc1cc([N+](=O)[O-])c(Br)c(S(N)(=O)=O)c1. The molecule has 0 amide bonds. The molecule has 1 aromatic carbocycles. The van der Waals surface area contributed by atoms with Gasteiger partial charge < -0.3 is 0 Å². The molecule has 0 aliphatic heterocycles. The van der Waals surface area contributed by atoms with E-state index in [2.05, 4.69) is 15.9 Å². The van der Waals surface area contributed by atoms with Crippen molar-refractivity contribution in [1.29, 1.82) is 0 Å². The number of nitrogens with two attached hydrogens (primary N) is 1. The van der Waals surface area contributed by atoms with Crippen LogP contribution in [0.25, 0.3) is 0 Å². The molecule has 8 heteroatoms. The van der Waals surface area contributed by atoms with Gasteiger partial charge >= 0.3 is 0 Å². The average molecular weight is 295 g/mol. The molecule has 0 saturated carbocycles. The minimum Gasteiger partial charge on any atom is -0.258 e. The normalized spacial score (nSPS) is 11.4. The van der Waals surface area contributed by atoms with E-state index in [-0.39, 0.29) is 15.1 Å². The van der Waals surface area contributed by atoms with Gasteiger partial charge in [-0.2, -0.15) is 0 Å². The van der Waals surface area contributed by atoms with E-state index in [1.54, 1.807) is 6.92 Å². The van der Waals surface area contributed by atoms with Gasteiger partial charge in [0.25, 0.3) is 5.69 Å². The summed E-state index contributed by atoms with van der Waals surface area (Å²) in [4.78, 5) is 9.64. The highest BCUT2D eigenvalue weighted by Gasteiger charge is 2.22. The van der Waals surface area contributed by atoms with Crippen LogP contribution in [0.2, 0.25) is 0 Å². The summed E-state index contributed by atoms with van der Waals surface area (Å²) in [5, 5.41) is 15.5. The molecule has 0 aromatic heterocycles. The number of hydrogen-bond acceptors (Lipinski definition) is 4. The van der Waals surface area contributed by atoms with Crippen molar-refractivity contribution in [2.45, 2.75) is 11.8 Å². The van der Waals surface area contributed by atoms with E-state index < -0.39 is 14.9 Å². The smallest absolute Gasteiger partial charge is 0.258 e. The van der Waals surface area contributed by atoms with Gasteiger partial charge in [0.2, 0.25) is 10.0 Å². The number of hydrogen-bond donors (Lipinski definition) is 1. The second kappa shape index (κ2) is 3.87. The number of benzene rings is 1. The Kier molecular flexibility index (Phi) is 3.12. The molecule has 1 rings (SSSR count). The van der Waals surface area contributed by atoms with E-state index in [1.165, 1.54) is 12.1 Å². The summed E-state index contributed by atoms with van der Waals surface area (Å²) >= 11 is 2.85. The maximum atomic E-state index is 11.1. The lowest BCUT2D eigenvalue weighted by Gasteiger charge is -2.04. The first kappa shape index (κ1) is 12.1. The summed E-state index contributed by atoms with van der Waals surface area (Å²) < 4.78 is 22.1.